The van der Waals surface area contributed by atoms with Crippen LogP contribution in [0, 0.1) is 10.1 Å². The lowest BCUT2D eigenvalue weighted by Crippen LogP contribution is -2.16. The van der Waals surface area contributed by atoms with E-state index in [1.165, 1.54) is 49.6 Å². The average molecular weight is 485 g/mol. The first-order chi connectivity index (χ1) is 16.6. The molecule has 1 heterocycles. The first-order valence-corrected chi connectivity index (χ1v) is 9.88. The minimum Gasteiger partial charge on any atom is -0.496 e. The van der Waals surface area contributed by atoms with Crippen LogP contribution in [0.4, 0.5) is 18.9 Å². The molecule has 178 valence electrons. The lowest BCUT2D eigenvalue weighted by Gasteiger charge is -2.15. The third-order valence-electron chi connectivity index (χ3n) is 5.00. The van der Waals surface area contributed by atoms with Crippen LogP contribution in [0.2, 0.25) is 0 Å². The Bertz CT molecular complexity index is 1530. The zero-order chi connectivity index (χ0) is 25.3. The molecule has 0 radical (unpaired) electrons. The number of rotatable bonds is 5. The standard InChI is InChI=1S/C24H14F3NO7/c1-33-18-8-3-2-7-16(18)20-21(29)17-10-9-15(12-19(17)35-22(20)24(25,26)27)34-23(30)13-5-4-6-14(11-13)28(31)32/h2-12H,1H3. The second-order valence-corrected chi connectivity index (χ2v) is 7.19. The van der Waals surface area contributed by atoms with Gasteiger partial charge in [-0.15, -0.1) is 0 Å². The molecule has 0 atom stereocenters. The normalized spacial score (nSPS) is 11.3. The van der Waals surface area contributed by atoms with Crippen molar-refractivity contribution in [1.29, 1.82) is 0 Å². The number of hydrogen-bond donors (Lipinski definition) is 0. The molecule has 3 aromatic carbocycles. The average Bonchev–Trinajstić information content (AvgIpc) is 2.83. The van der Waals surface area contributed by atoms with E-state index in [1.807, 2.05) is 0 Å². The van der Waals surface area contributed by atoms with Gasteiger partial charge < -0.3 is 13.9 Å². The molecule has 4 rings (SSSR count). The number of carbonyl (C=O) groups excluding carboxylic acids is 1. The molecule has 0 bridgehead atoms. The van der Waals surface area contributed by atoms with Gasteiger partial charge in [-0.3, -0.25) is 14.9 Å². The van der Waals surface area contributed by atoms with Crippen molar-refractivity contribution >= 4 is 22.6 Å². The predicted octanol–water partition coefficient (Wildman–Crippen LogP) is 5.61. The van der Waals surface area contributed by atoms with E-state index in [4.69, 9.17) is 13.9 Å². The largest absolute Gasteiger partial charge is 0.496 e. The summed E-state index contributed by atoms with van der Waals surface area (Å²) in [4.78, 5) is 35.7. The molecule has 0 aliphatic rings. The quantitative estimate of drug-likeness (QED) is 0.156. The summed E-state index contributed by atoms with van der Waals surface area (Å²) >= 11 is 0. The van der Waals surface area contributed by atoms with Crippen LogP contribution < -0.4 is 14.9 Å². The Kier molecular flexibility index (Phi) is 6.00. The fraction of sp³-hybridized carbons (Fsp3) is 0.0833. The smallest absolute Gasteiger partial charge is 0.450 e. The summed E-state index contributed by atoms with van der Waals surface area (Å²) in [6.07, 6.45) is -5.03. The summed E-state index contributed by atoms with van der Waals surface area (Å²) in [6.45, 7) is 0. The van der Waals surface area contributed by atoms with E-state index < -0.39 is 39.4 Å². The number of carbonyl (C=O) groups is 1. The van der Waals surface area contributed by atoms with Crippen LogP contribution in [0.3, 0.4) is 0 Å². The van der Waals surface area contributed by atoms with E-state index in [1.54, 1.807) is 6.07 Å². The van der Waals surface area contributed by atoms with Gasteiger partial charge in [-0.1, -0.05) is 24.3 Å². The second kappa shape index (κ2) is 8.93. The van der Waals surface area contributed by atoms with Crippen LogP contribution >= 0.6 is 0 Å². The summed E-state index contributed by atoms with van der Waals surface area (Å²) in [5.41, 5.74) is -2.74. The number of nitrogens with zero attached hydrogens (tertiary/aromatic N) is 1. The molecule has 0 aliphatic heterocycles. The summed E-state index contributed by atoms with van der Waals surface area (Å²) < 4.78 is 57.1. The fourth-order valence-corrected chi connectivity index (χ4v) is 3.44. The Balaban J connectivity index is 1.82. The number of alkyl halides is 3. The molecule has 0 amide bonds. The van der Waals surface area contributed by atoms with E-state index >= 15 is 0 Å². The maximum atomic E-state index is 13.9. The molecule has 0 spiro atoms. The molecule has 0 saturated carbocycles. The first kappa shape index (κ1) is 23.5. The molecule has 0 unspecified atom stereocenters. The summed E-state index contributed by atoms with van der Waals surface area (Å²) in [7, 11) is 1.26. The molecule has 8 nitrogen and oxygen atoms in total. The van der Waals surface area contributed by atoms with Gasteiger partial charge in [0.2, 0.25) is 11.2 Å². The molecule has 4 aromatic rings. The van der Waals surface area contributed by atoms with Crippen molar-refractivity contribution in [2.75, 3.05) is 7.11 Å². The van der Waals surface area contributed by atoms with Gasteiger partial charge in [0, 0.05) is 23.8 Å². The zero-order valence-corrected chi connectivity index (χ0v) is 17.8. The number of nitro groups is 1. The van der Waals surface area contributed by atoms with Gasteiger partial charge in [-0.2, -0.15) is 13.2 Å². The maximum absolute atomic E-state index is 13.9. The zero-order valence-electron chi connectivity index (χ0n) is 17.8. The van der Waals surface area contributed by atoms with Crippen LogP contribution in [0.15, 0.2) is 75.9 Å². The van der Waals surface area contributed by atoms with Gasteiger partial charge in [-0.25, -0.2) is 4.79 Å². The monoisotopic (exact) mass is 485 g/mol. The highest BCUT2D eigenvalue weighted by Gasteiger charge is 2.40. The van der Waals surface area contributed by atoms with E-state index in [2.05, 4.69) is 0 Å². The molecule has 35 heavy (non-hydrogen) atoms. The van der Waals surface area contributed by atoms with Gasteiger partial charge in [0.1, 0.15) is 17.1 Å². The Hall–Kier alpha value is -4.67. The lowest BCUT2D eigenvalue weighted by molar-refractivity contribution is -0.384. The predicted molar refractivity (Wildman–Crippen MR) is 118 cm³/mol. The number of para-hydroxylation sites is 1. The fourth-order valence-electron chi connectivity index (χ4n) is 3.44. The number of non-ortho nitro benzene ring substituents is 1. The first-order valence-electron chi connectivity index (χ1n) is 9.88. The molecule has 0 aliphatic carbocycles. The Morgan fingerprint density at radius 1 is 1.03 bits per heavy atom. The van der Waals surface area contributed by atoms with Crippen LogP contribution in [0.5, 0.6) is 11.5 Å². The molecule has 0 saturated heterocycles. The van der Waals surface area contributed by atoms with Crippen molar-refractivity contribution in [2.45, 2.75) is 6.18 Å². The highest BCUT2D eigenvalue weighted by atomic mass is 19.4. The van der Waals surface area contributed by atoms with Crippen LogP contribution in [0.1, 0.15) is 16.1 Å². The number of ether oxygens (including phenoxy) is 2. The van der Waals surface area contributed by atoms with E-state index in [-0.39, 0.29) is 33.7 Å². The number of hydrogen-bond acceptors (Lipinski definition) is 7. The topological polar surface area (TPSA) is 109 Å². The highest BCUT2D eigenvalue weighted by molar-refractivity contribution is 5.92. The highest BCUT2D eigenvalue weighted by Crippen LogP contribution is 2.40. The molecular weight excluding hydrogens is 471 g/mol. The minimum atomic E-state index is -5.03. The number of benzene rings is 3. The molecule has 0 N–H and O–H groups in total. The molecule has 11 heteroatoms. The van der Waals surface area contributed by atoms with Crippen molar-refractivity contribution in [3.05, 3.63) is 98.4 Å². The maximum Gasteiger partial charge on any atom is 0.450 e. The third kappa shape index (κ3) is 4.56. The number of esters is 1. The number of halogens is 3. The van der Waals surface area contributed by atoms with Gasteiger partial charge in [-0.05, 0) is 24.3 Å². The van der Waals surface area contributed by atoms with Gasteiger partial charge in [0.25, 0.3) is 5.69 Å². The Morgan fingerprint density at radius 3 is 2.46 bits per heavy atom. The minimum absolute atomic E-state index is 0.0483. The lowest BCUT2D eigenvalue weighted by atomic mass is 10.0. The van der Waals surface area contributed by atoms with Crippen molar-refractivity contribution < 1.29 is 36.8 Å². The van der Waals surface area contributed by atoms with Crippen molar-refractivity contribution in [1.82, 2.24) is 0 Å². The second-order valence-electron chi connectivity index (χ2n) is 7.19. The SMILES string of the molecule is COc1ccccc1-c1c(C(F)(F)F)oc2cc(OC(=O)c3cccc([N+](=O)[O-])c3)ccc2c1=O. The molecule has 1 aromatic heterocycles. The van der Waals surface area contributed by atoms with Crippen molar-refractivity contribution in [3.8, 4) is 22.6 Å². The summed E-state index contributed by atoms with van der Waals surface area (Å²) in [5, 5.41) is 10.7. The van der Waals surface area contributed by atoms with E-state index in [0.717, 1.165) is 18.2 Å². The Morgan fingerprint density at radius 2 is 1.77 bits per heavy atom. The summed E-state index contributed by atoms with van der Waals surface area (Å²) in [5.74, 6) is -2.71. The van der Waals surface area contributed by atoms with Gasteiger partial charge >= 0.3 is 12.1 Å². The number of methoxy groups -OCH3 is 1. The summed E-state index contributed by atoms with van der Waals surface area (Å²) in [6, 6.07) is 13.8. The van der Waals surface area contributed by atoms with Crippen LogP contribution in [-0.2, 0) is 6.18 Å². The molecule has 0 fully saturated rings. The number of fused-ring (bicyclic) bond motifs is 1. The Labute approximate surface area is 194 Å². The van der Waals surface area contributed by atoms with Crippen molar-refractivity contribution in [2.24, 2.45) is 0 Å². The van der Waals surface area contributed by atoms with Crippen molar-refractivity contribution in [3.63, 3.8) is 0 Å². The van der Waals surface area contributed by atoms with Gasteiger partial charge in [0.15, 0.2) is 0 Å². The van der Waals surface area contributed by atoms with E-state index in [9.17, 15) is 32.9 Å². The number of nitro benzene ring substituents is 1. The van der Waals surface area contributed by atoms with Crippen LogP contribution in [0.25, 0.3) is 22.1 Å². The third-order valence-corrected chi connectivity index (χ3v) is 5.00. The van der Waals surface area contributed by atoms with E-state index in [0.29, 0.717) is 0 Å². The van der Waals surface area contributed by atoms with Crippen LogP contribution in [-0.4, -0.2) is 18.0 Å². The van der Waals surface area contributed by atoms with Gasteiger partial charge in [0.05, 0.1) is 28.5 Å². The molecular formula is C24H14F3NO7.